The average Bonchev–Trinajstić information content (AvgIpc) is 2.04. The molecule has 1 nitrogen and oxygen atoms in total. The Hall–Kier alpha value is -0.300. The quantitative estimate of drug-likeness (QED) is 0.633. The van der Waals surface area contributed by atoms with Crippen LogP contribution in [0.2, 0.25) is 0 Å². The van der Waals surface area contributed by atoms with Crippen LogP contribution in [-0.4, -0.2) is 12.6 Å². The van der Waals surface area contributed by atoms with Gasteiger partial charge in [-0.3, -0.25) is 0 Å². The van der Waals surface area contributed by atoms with Gasteiger partial charge in [0.05, 0.1) is 0 Å². The van der Waals surface area contributed by atoms with Gasteiger partial charge in [0.15, 0.2) is 0 Å². The highest BCUT2D eigenvalue weighted by molar-refractivity contribution is 4.91. The molecule has 0 aliphatic heterocycles. The summed E-state index contributed by atoms with van der Waals surface area (Å²) < 4.78 is 0. The van der Waals surface area contributed by atoms with Crippen LogP contribution >= 0.6 is 0 Å². The molecule has 0 radical (unpaired) electrons. The maximum Gasteiger partial charge on any atom is 0.00672 e. The fraction of sp³-hybridized carbons (Fsp3) is 0.818. The molecule has 1 N–H and O–H groups in total. The molecule has 0 heterocycles. The summed E-state index contributed by atoms with van der Waals surface area (Å²) in [5.41, 5.74) is 0. The Balaban J connectivity index is 1.62. The minimum atomic E-state index is 0.871. The van der Waals surface area contributed by atoms with E-state index >= 15 is 0 Å². The van der Waals surface area contributed by atoms with Gasteiger partial charge in [0.25, 0.3) is 0 Å². The second-order valence-corrected chi connectivity index (χ2v) is 4.19. The zero-order chi connectivity index (χ0) is 8.23. The second-order valence-electron chi connectivity index (χ2n) is 4.19. The predicted octanol–water partition coefficient (Wildman–Crippen LogP) is 2.48. The van der Waals surface area contributed by atoms with Crippen molar-refractivity contribution < 1.29 is 0 Å². The largest absolute Gasteiger partial charge is 0.314 e. The van der Waals surface area contributed by atoms with E-state index in [9.17, 15) is 0 Å². The summed E-state index contributed by atoms with van der Waals surface area (Å²) in [6.45, 7) is 1.26. The van der Waals surface area contributed by atoms with Gasteiger partial charge in [-0.25, -0.2) is 0 Å². The first-order valence-electron chi connectivity index (χ1n) is 5.33. The SMILES string of the molecule is C1=CCC(CNC2CCC2)CC1. The van der Waals surface area contributed by atoms with E-state index < -0.39 is 0 Å². The van der Waals surface area contributed by atoms with Crippen molar-refractivity contribution in [3.05, 3.63) is 12.2 Å². The van der Waals surface area contributed by atoms with E-state index in [1.165, 1.54) is 45.1 Å². The average molecular weight is 165 g/mol. The number of rotatable bonds is 3. The lowest BCUT2D eigenvalue weighted by molar-refractivity contribution is 0.309. The molecule has 2 rings (SSSR count). The topological polar surface area (TPSA) is 12.0 Å². The molecule has 1 atom stereocenters. The van der Waals surface area contributed by atoms with Crippen LogP contribution in [0.25, 0.3) is 0 Å². The van der Waals surface area contributed by atoms with Gasteiger partial charge in [-0.2, -0.15) is 0 Å². The monoisotopic (exact) mass is 165 g/mol. The molecule has 0 saturated heterocycles. The fourth-order valence-electron chi connectivity index (χ4n) is 1.99. The second kappa shape index (κ2) is 4.08. The lowest BCUT2D eigenvalue weighted by Gasteiger charge is -2.29. The fourth-order valence-corrected chi connectivity index (χ4v) is 1.99. The van der Waals surface area contributed by atoms with Crippen molar-refractivity contribution in [3.8, 4) is 0 Å². The summed E-state index contributed by atoms with van der Waals surface area (Å²) >= 11 is 0. The Labute approximate surface area is 75.2 Å². The van der Waals surface area contributed by atoms with Crippen LogP contribution in [0.15, 0.2) is 12.2 Å². The number of hydrogen-bond acceptors (Lipinski definition) is 1. The Bertz CT molecular complexity index is 158. The number of nitrogens with one attached hydrogen (secondary N) is 1. The third-order valence-corrected chi connectivity index (χ3v) is 3.18. The summed E-state index contributed by atoms with van der Waals surface area (Å²) in [5.74, 6) is 0.926. The molecule has 0 aromatic heterocycles. The van der Waals surface area contributed by atoms with E-state index in [-0.39, 0.29) is 0 Å². The molecule has 0 amide bonds. The highest BCUT2D eigenvalue weighted by Gasteiger charge is 2.18. The van der Waals surface area contributed by atoms with Crippen molar-refractivity contribution >= 4 is 0 Å². The number of hydrogen-bond donors (Lipinski definition) is 1. The summed E-state index contributed by atoms with van der Waals surface area (Å²) in [7, 11) is 0. The molecule has 0 aromatic carbocycles. The van der Waals surface area contributed by atoms with Crippen molar-refractivity contribution in [1.29, 1.82) is 0 Å². The van der Waals surface area contributed by atoms with Gasteiger partial charge >= 0.3 is 0 Å². The van der Waals surface area contributed by atoms with Crippen molar-refractivity contribution in [3.63, 3.8) is 0 Å². The molecule has 1 fully saturated rings. The van der Waals surface area contributed by atoms with E-state index in [4.69, 9.17) is 0 Å². The van der Waals surface area contributed by atoms with E-state index in [0.717, 1.165) is 12.0 Å². The van der Waals surface area contributed by atoms with Crippen molar-refractivity contribution in [2.24, 2.45) is 5.92 Å². The van der Waals surface area contributed by atoms with Gasteiger partial charge < -0.3 is 5.32 Å². The maximum atomic E-state index is 3.65. The van der Waals surface area contributed by atoms with Gasteiger partial charge in [-0.15, -0.1) is 0 Å². The molecule has 0 aromatic rings. The van der Waals surface area contributed by atoms with E-state index in [1.54, 1.807) is 0 Å². The van der Waals surface area contributed by atoms with Crippen LogP contribution < -0.4 is 5.32 Å². The Kier molecular flexibility index (Phi) is 2.83. The zero-order valence-corrected chi connectivity index (χ0v) is 7.76. The van der Waals surface area contributed by atoms with Gasteiger partial charge in [0.2, 0.25) is 0 Å². The third kappa shape index (κ3) is 2.10. The molecular formula is C11H19N. The Morgan fingerprint density at radius 3 is 2.67 bits per heavy atom. The van der Waals surface area contributed by atoms with E-state index in [0.29, 0.717) is 0 Å². The summed E-state index contributed by atoms with van der Waals surface area (Å²) in [5, 5.41) is 3.65. The lowest BCUT2D eigenvalue weighted by Crippen LogP contribution is -2.38. The standard InChI is InChI=1S/C11H19N/c1-2-5-10(6-3-1)9-12-11-7-4-8-11/h1-2,10-12H,3-9H2. The van der Waals surface area contributed by atoms with E-state index in [2.05, 4.69) is 17.5 Å². The summed E-state index contributed by atoms with van der Waals surface area (Å²) in [6, 6.07) is 0.871. The maximum absolute atomic E-state index is 3.65. The molecular weight excluding hydrogens is 146 g/mol. The lowest BCUT2D eigenvalue weighted by atomic mass is 9.90. The first-order chi connectivity index (χ1) is 5.95. The molecule has 1 heteroatoms. The molecule has 68 valence electrons. The first kappa shape index (κ1) is 8.31. The molecule has 0 bridgehead atoms. The normalized spacial score (nSPS) is 30.2. The Morgan fingerprint density at radius 1 is 1.17 bits per heavy atom. The molecule has 1 saturated carbocycles. The predicted molar refractivity (Wildman–Crippen MR) is 52.1 cm³/mol. The summed E-state index contributed by atoms with van der Waals surface area (Å²) in [6.07, 6.45) is 13.0. The minimum Gasteiger partial charge on any atom is -0.314 e. The molecule has 1 unspecified atom stereocenters. The van der Waals surface area contributed by atoms with Crippen LogP contribution in [0.5, 0.6) is 0 Å². The highest BCUT2D eigenvalue weighted by atomic mass is 14.9. The van der Waals surface area contributed by atoms with E-state index in [1.807, 2.05) is 0 Å². The highest BCUT2D eigenvalue weighted by Crippen LogP contribution is 2.21. The van der Waals surface area contributed by atoms with Crippen LogP contribution in [0.3, 0.4) is 0 Å². The molecule has 12 heavy (non-hydrogen) atoms. The van der Waals surface area contributed by atoms with Gasteiger partial charge in [0, 0.05) is 6.04 Å². The Morgan fingerprint density at radius 2 is 2.08 bits per heavy atom. The van der Waals surface area contributed by atoms with Gasteiger partial charge in [-0.05, 0) is 44.6 Å². The molecule has 2 aliphatic carbocycles. The van der Waals surface area contributed by atoms with Crippen LogP contribution in [0.4, 0.5) is 0 Å². The minimum absolute atomic E-state index is 0.871. The van der Waals surface area contributed by atoms with Crippen molar-refractivity contribution in [1.82, 2.24) is 5.32 Å². The smallest absolute Gasteiger partial charge is 0.00672 e. The molecule has 2 aliphatic rings. The van der Waals surface area contributed by atoms with Crippen LogP contribution in [-0.2, 0) is 0 Å². The first-order valence-corrected chi connectivity index (χ1v) is 5.33. The molecule has 0 spiro atoms. The zero-order valence-electron chi connectivity index (χ0n) is 7.76. The van der Waals surface area contributed by atoms with Crippen molar-refractivity contribution in [2.75, 3.05) is 6.54 Å². The third-order valence-electron chi connectivity index (χ3n) is 3.18. The van der Waals surface area contributed by atoms with Crippen LogP contribution in [0, 0.1) is 5.92 Å². The van der Waals surface area contributed by atoms with Gasteiger partial charge in [0.1, 0.15) is 0 Å². The van der Waals surface area contributed by atoms with Crippen LogP contribution in [0.1, 0.15) is 38.5 Å². The van der Waals surface area contributed by atoms with Crippen molar-refractivity contribution in [2.45, 2.75) is 44.6 Å². The summed E-state index contributed by atoms with van der Waals surface area (Å²) in [4.78, 5) is 0. The number of allylic oxidation sites excluding steroid dienone is 2. The van der Waals surface area contributed by atoms with Gasteiger partial charge in [-0.1, -0.05) is 18.6 Å².